The zero-order valence-corrected chi connectivity index (χ0v) is 22.3. The number of hydrogen-bond donors (Lipinski definition) is 1. The number of halogens is 1. The van der Waals surface area contributed by atoms with Gasteiger partial charge in [-0.15, -0.1) is 5.10 Å². The first-order valence-corrected chi connectivity index (χ1v) is 13.1. The number of rotatable bonds is 10. The number of fused-ring (bicyclic) bond motifs is 1. The van der Waals surface area contributed by atoms with Crippen molar-refractivity contribution >= 4 is 35.3 Å². The van der Waals surface area contributed by atoms with Gasteiger partial charge in [-0.3, -0.25) is 0 Å². The Hall–Kier alpha value is -3.17. The van der Waals surface area contributed by atoms with E-state index in [-0.39, 0.29) is 6.61 Å². The van der Waals surface area contributed by atoms with Crippen molar-refractivity contribution in [3.63, 3.8) is 0 Å². The summed E-state index contributed by atoms with van der Waals surface area (Å²) in [5, 5.41) is 9.24. The minimum Gasteiger partial charge on any atom is -0.493 e. The molecule has 3 aromatic rings. The van der Waals surface area contributed by atoms with E-state index in [0.717, 1.165) is 17.5 Å². The average molecular weight is 529 g/mol. The SMILES string of the molecule is CCCOc1ccc(C2C(C(=O)OCC)=C(C)Nc3nc(SCc4ccccc4Cl)nn32)cc1OC. The smallest absolute Gasteiger partial charge is 0.338 e. The number of allylic oxidation sites excluding steroid dienone is 1. The lowest BCUT2D eigenvalue weighted by atomic mass is 9.95. The van der Waals surface area contributed by atoms with Crippen LogP contribution >= 0.6 is 23.4 Å². The van der Waals surface area contributed by atoms with Gasteiger partial charge in [-0.05, 0) is 49.6 Å². The van der Waals surface area contributed by atoms with Gasteiger partial charge in [0.05, 0.1) is 25.9 Å². The summed E-state index contributed by atoms with van der Waals surface area (Å²) in [6.45, 7) is 6.51. The van der Waals surface area contributed by atoms with Gasteiger partial charge in [0.15, 0.2) is 11.5 Å². The summed E-state index contributed by atoms with van der Waals surface area (Å²) >= 11 is 7.79. The zero-order valence-electron chi connectivity index (χ0n) is 20.7. The number of esters is 1. The summed E-state index contributed by atoms with van der Waals surface area (Å²) in [4.78, 5) is 17.7. The molecule has 0 aliphatic carbocycles. The number of methoxy groups -OCH3 is 1. The maximum Gasteiger partial charge on any atom is 0.338 e. The molecule has 0 radical (unpaired) electrons. The Morgan fingerprint density at radius 2 is 2.00 bits per heavy atom. The third-order valence-corrected chi connectivity index (χ3v) is 6.86. The quantitative estimate of drug-likeness (QED) is 0.258. The molecule has 0 amide bonds. The van der Waals surface area contributed by atoms with Crippen LogP contribution in [0.15, 0.2) is 58.9 Å². The first-order chi connectivity index (χ1) is 17.5. The van der Waals surface area contributed by atoms with Gasteiger partial charge < -0.3 is 19.5 Å². The number of nitrogens with zero attached hydrogens (tertiary/aromatic N) is 3. The van der Waals surface area contributed by atoms with Gasteiger partial charge in [0.1, 0.15) is 6.04 Å². The molecule has 1 aromatic heterocycles. The van der Waals surface area contributed by atoms with Crippen LogP contribution in [0.5, 0.6) is 11.5 Å². The highest BCUT2D eigenvalue weighted by molar-refractivity contribution is 7.98. The standard InChI is InChI=1S/C26H29ClN4O4S/c1-5-13-35-20-12-11-17(14-21(20)33-4)23-22(24(32)34-6-2)16(3)28-25-29-26(30-31(23)25)36-15-18-9-7-8-10-19(18)27/h7-12,14,23H,5-6,13,15H2,1-4H3,(H,28,29,30). The third kappa shape index (κ3) is 5.47. The van der Waals surface area contributed by atoms with E-state index < -0.39 is 12.0 Å². The average Bonchev–Trinajstić information content (AvgIpc) is 3.28. The molecule has 190 valence electrons. The van der Waals surface area contributed by atoms with Gasteiger partial charge in [-0.1, -0.05) is 54.6 Å². The molecule has 4 rings (SSSR count). The molecule has 1 atom stereocenters. The summed E-state index contributed by atoms with van der Waals surface area (Å²) in [6.07, 6.45) is 0.880. The van der Waals surface area contributed by atoms with E-state index in [1.54, 1.807) is 18.7 Å². The number of ether oxygens (including phenoxy) is 3. The second-order valence-electron chi connectivity index (χ2n) is 8.09. The number of benzene rings is 2. The summed E-state index contributed by atoms with van der Waals surface area (Å²) < 4.78 is 18.5. The summed E-state index contributed by atoms with van der Waals surface area (Å²) in [5.41, 5.74) is 2.91. The monoisotopic (exact) mass is 528 g/mol. The fraction of sp³-hybridized carbons (Fsp3) is 0.346. The highest BCUT2D eigenvalue weighted by Gasteiger charge is 2.35. The predicted octanol–water partition coefficient (Wildman–Crippen LogP) is 5.87. The van der Waals surface area contributed by atoms with Crippen LogP contribution in [0, 0.1) is 0 Å². The van der Waals surface area contributed by atoms with Crippen molar-refractivity contribution in [3.8, 4) is 11.5 Å². The molecule has 8 nitrogen and oxygen atoms in total. The number of nitrogens with one attached hydrogen (secondary N) is 1. The van der Waals surface area contributed by atoms with Crippen molar-refractivity contribution < 1.29 is 19.0 Å². The topological polar surface area (TPSA) is 87.5 Å². The minimum atomic E-state index is -0.559. The molecule has 0 saturated carbocycles. The molecule has 1 aliphatic rings. The van der Waals surface area contributed by atoms with Gasteiger partial charge in [-0.2, -0.15) is 4.98 Å². The summed E-state index contributed by atoms with van der Waals surface area (Å²) in [6, 6.07) is 12.8. The lowest BCUT2D eigenvalue weighted by molar-refractivity contribution is -0.139. The second kappa shape index (κ2) is 11.7. The van der Waals surface area contributed by atoms with Crippen LogP contribution in [0.25, 0.3) is 0 Å². The van der Waals surface area contributed by atoms with Gasteiger partial charge in [0, 0.05) is 16.5 Å². The van der Waals surface area contributed by atoms with Crippen LogP contribution < -0.4 is 14.8 Å². The summed E-state index contributed by atoms with van der Waals surface area (Å²) in [7, 11) is 1.60. The lowest BCUT2D eigenvalue weighted by Crippen LogP contribution is -2.29. The molecular weight excluding hydrogens is 500 g/mol. The molecule has 36 heavy (non-hydrogen) atoms. The predicted molar refractivity (Wildman–Crippen MR) is 141 cm³/mol. The van der Waals surface area contributed by atoms with E-state index in [4.69, 9.17) is 30.9 Å². The molecule has 0 spiro atoms. The Morgan fingerprint density at radius 3 is 2.72 bits per heavy atom. The number of hydrogen-bond acceptors (Lipinski definition) is 8. The van der Waals surface area contributed by atoms with Crippen molar-refractivity contribution in [2.75, 3.05) is 25.6 Å². The Labute approximate surface area is 220 Å². The molecule has 0 saturated heterocycles. The van der Waals surface area contributed by atoms with Crippen LogP contribution in [0.3, 0.4) is 0 Å². The Kier molecular flexibility index (Phi) is 8.43. The van der Waals surface area contributed by atoms with E-state index in [0.29, 0.717) is 51.3 Å². The molecule has 0 bridgehead atoms. The molecule has 1 N–H and O–H groups in total. The number of carbonyl (C=O) groups excluding carboxylic acids is 1. The third-order valence-electron chi connectivity index (χ3n) is 5.61. The molecule has 1 aliphatic heterocycles. The van der Waals surface area contributed by atoms with E-state index in [2.05, 4.69) is 10.3 Å². The van der Waals surface area contributed by atoms with E-state index in [1.807, 2.05) is 56.3 Å². The normalized spacial score (nSPS) is 14.8. The molecular formula is C26H29ClN4O4S. The number of aromatic nitrogens is 3. The Morgan fingerprint density at radius 1 is 1.19 bits per heavy atom. The lowest BCUT2D eigenvalue weighted by Gasteiger charge is -2.28. The van der Waals surface area contributed by atoms with Gasteiger partial charge >= 0.3 is 5.97 Å². The first kappa shape index (κ1) is 25.9. The van der Waals surface area contributed by atoms with Crippen molar-refractivity contribution in [3.05, 3.63) is 69.9 Å². The van der Waals surface area contributed by atoms with Crippen LogP contribution in [-0.2, 0) is 15.3 Å². The molecule has 10 heteroatoms. The molecule has 0 fully saturated rings. The van der Waals surface area contributed by atoms with Crippen LogP contribution in [0.2, 0.25) is 5.02 Å². The minimum absolute atomic E-state index is 0.263. The first-order valence-electron chi connectivity index (χ1n) is 11.7. The Balaban J connectivity index is 1.72. The number of carbonyl (C=O) groups is 1. The molecule has 1 unspecified atom stereocenters. The van der Waals surface area contributed by atoms with E-state index >= 15 is 0 Å². The van der Waals surface area contributed by atoms with Crippen molar-refractivity contribution in [1.29, 1.82) is 0 Å². The highest BCUT2D eigenvalue weighted by atomic mass is 35.5. The van der Waals surface area contributed by atoms with Crippen LogP contribution in [-0.4, -0.2) is 41.1 Å². The zero-order chi connectivity index (χ0) is 25.7. The second-order valence-corrected chi connectivity index (χ2v) is 9.44. The van der Waals surface area contributed by atoms with Crippen molar-refractivity contribution in [1.82, 2.24) is 14.8 Å². The fourth-order valence-electron chi connectivity index (χ4n) is 3.92. The fourth-order valence-corrected chi connectivity index (χ4v) is 5.03. The number of thioether (sulfide) groups is 1. The maximum absolute atomic E-state index is 13.1. The van der Waals surface area contributed by atoms with Gasteiger partial charge in [-0.25, -0.2) is 9.48 Å². The van der Waals surface area contributed by atoms with E-state index in [1.165, 1.54) is 11.8 Å². The van der Waals surface area contributed by atoms with E-state index in [9.17, 15) is 4.79 Å². The number of anilines is 1. The van der Waals surface area contributed by atoms with Crippen LogP contribution in [0.4, 0.5) is 5.95 Å². The van der Waals surface area contributed by atoms with Crippen LogP contribution in [0.1, 0.15) is 44.4 Å². The Bertz CT molecular complexity index is 1280. The largest absolute Gasteiger partial charge is 0.493 e. The van der Waals surface area contributed by atoms with Gasteiger partial charge in [0.25, 0.3) is 0 Å². The molecule has 2 aromatic carbocycles. The van der Waals surface area contributed by atoms with Crippen molar-refractivity contribution in [2.24, 2.45) is 0 Å². The summed E-state index contributed by atoms with van der Waals surface area (Å²) in [5.74, 6) is 1.96. The van der Waals surface area contributed by atoms with Crippen molar-refractivity contribution in [2.45, 2.75) is 44.1 Å². The highest BCUT2D eigenvalue weighted by Crippen LogP contribution is 2.40. The van der Waals surface area contributed by atoms with Gasteiger partial charge in [0.2, 0.25) is 11.1 Å². The molecule has 2 heterocycles. The maximum atomic E-state index is 13.1.